The number of benzene rings is 3. The van der Waals surface area contributed by atoms with Gasteiger partial charge in [0.2, 0.25) is 29.5 Å². The second-order valence-electron chi connectivity index (χ2n) is 15.9. The van der Waals surface area contributed by atoms with Crippen molar-refractivity contribution >= 4 is 40.9 Å². The molecule has 5 amide bonds. The fraction of sp³-hybridized carbons (Fsp3) is 0.381. The lowest BCUT2D eigenvalue weighted by molar-refractivity contribution is -0.140. The Hall–Kier alpha value is -5.80. The zero-order chi connectivity index (χ0) is 41.7. The van der Waals surface area contributed by atoms with Gasteiger partial charge in [0.15, 0.2) is 0 Å². The highest BCUT2D eigenvalue weighted by Crippen LogP contribution is 2.40. The van der Waals surface area contributed by atoms with Gasteiger partial charge < -0.3 is 30.9 Å². The van der Waals surface area contributed by atoms with Crippen LogP contribution >= 0.6 is 0 Å². The number of imidazole rings is 1. The lowest BCUT2D eigenvalue weighted by Crippen LogP contribution is -2.48. The largest absolute Gasteiger partial charge is 0.387 e. The minimum atomic E-state index is -1.10. The summed E-state index contributed by atoms with van der Waals surface area (Å²) in [5.41, 5.74) is 6.60. The molecule has 302 valence electrons. The first-order valence-electron chi connectivity index (χ1n) is 18.7. The van der Waals surface area contributed by atoms with Crippen LogP contribution in [0.4, 0.5) is 20.2 Å². The van der Waals surface area contributed by atoms with E-state index in [1.807, 2.05) is 51.1 Å². The fourth-order valence-electron chi connectivity index (χ4n) is 6.83. The maximum Gasteiger partial charge on any atom is 0.248 e. The van der Waals surface area contributed by atoms with E-state index in [0.29, 0.717) is 17.2 Å². The Balaban J connectivity index is 1.25. The van der Waals surface area contributed by atoms with Gasteiger partial charge in [-0.1, -0.05) is 65.0 Å². The van der Waals surface area contributed by atoms with Crippen LogP contribution < -0.4 is 21.3 Å². The molecule has 2 atom stereocenters. The highest BCUT2D eigenvalue weighted by molar-refractivity contribution is 6.22. The number of nitrogens with zero attached hydrogens (tertiary/aromatic N) is 4. The summed E-state index contributed by atoms with van der Waals surface area (Å²) in [6.45, 7) is 8.39. The van der Waals surface area contributed by atoms with E-state index in [1.54, 1.807) is 48.9 Å². The highest BCUT2D eigenvalue weighted by atomic mass is 19.1. The number of aliphatic hydroxyl groups excluding tert-OH is 1. The van der Waals surface area contributed by atoms with Crippen molar-refractivity contribution in [2.75, 3.05) is 29.9 Å². The number of halogens is 2. The number of nitrogens with two attached hydrogens (primary N) is 1. The molecular weight excluding hydrogens is 737 g/mol. The maximum atomic E-state index is 15.0. The minimum Gasteiger partial charge on any atom is -0.387 e. The molecule has 5 N–H and O–H groups in total. The predicted octanol–water partition coefficient (Wildman–Crippen LogP) is 4.94. The molecule has 2 heterocycles. The number of carbonyl (C=O) groups excluding carboxylic acids is 5. The average Bonchev–Trinajstić information content (AvgIpc) is 3.65. The van der Waals surface area contributed by atoms with Gasteiger partial charge >= 0.3 is 0 Å². The molecule has 0 unspecified atom stereocenters. The van der Waals surface area contributed by atoms with E-state index in [4.69, 9.17) is 10.7 Å². The van der Waals surface area contributed by atoms with Gasteiger partial charge in [-0.25, -0.2) is 13.8 Å². The molecule has 15 heteroatoms. The number of aliphatic hydroxyl groups is 1. The van der Waals surface area contributed by atoms with Crippen LogP contribution in [-0.2, 0) is 30.5 Å². The summed E-state index contributed by atoms with van der Waals surface area (Å²) in [6.07, 6.45) is 1.61. The van der Waals surface area contributed by atoms with Crippen molar-refractivity contribution in [1.82, 2.24) is 19.8 Å². The number of hydrogen-bond donors (Lipinski definition) is 4. The molecule has 4 aromatic rings. The number of amides is 5. The first kappa shape index (κ1) is 42.3. The molecule has 0 radical (unpaired) electrons. The van der Waals surface area contributed by atoms with E-state index in [2.05, 4.69) is 10.6 Å². The summed E-state index contributed by atoms with van der Waals surface area (Å²) in [6, 6.07) is 16.9. The topological polar surface area (TPSA) is 180 Å². The predicted molar refractivity (Wildman–Crippen MR) is 210 cm³/mol. The quantitative estimate of drug-likeness (QED) is 0.123. The zero-order valence-corrected chi connectivity index (χ0v) is 32.7. The number of anilines is 2. The smallest absolute Gasteiger partial charge is 0.248 e. The third kappa shape index (κ3) is 10.1. The Bertz CT molecular complexity index is 2110. The van der Waals surface area contributed by atoms with Gasteiger partial charge in [0, 0.05) is 49.9 Å². The second kappa shape index (κ2) is 17.6. The van der Waals surface area contributed by atoms with Crippen molar-refractivity contribution in [1.29, 1.82) is 0 Å². The monoisotopic (exact) mass is 785 g/mol. The molecule has 1 aliphatic heterocycles. The summed E-state index contributed by atoms with van der Waals surface area (Å²) in [4.78, 5) is 71.5. The molecule has 0 saturated carbocycles. The van der Waals surface area contributed by atoms with Gasteiger partial charge in [-0.05, 0) is 59.9 Å². The Morgan fingerprint density at radius 2 is 1.70 bits per heavy atom. The molecule has 0 aliphatic carbocycles. The van der Waals surface area contributed by atoms with Crippen molar-refractivity contribution < 1.29 is 37.9 Å². The Morgan fingerprint density at radius 1 is 1.02 bits per heavy atom. The van der Waals surface area contributed by atoms with E-state index >= 15 is 4.39 Å². The Labute approximate surface area is 330 Å². The van der Waals surface area contributed by atoms with Crippen LogP contribution in [0.3, 0.4) is 0 Å². The first-order valence-corrected chi connectivity index (χ1v) is 18.7. The first-order chi connectivity index (χ1) is 26.9. The zero-order valence-electron chi connectivity index (χ0n) is 32.7. The molecular formula is C42H49F2N7O6. The summed E-state index contributed by atoms with van der Waals surface area (Å²) >= 11 is 0. The van der Waals surface area contributed by atoms with Gasteiger partial charge in [0.1, 0.15) is 24.1 Å². The summed E-state index contributed by atoms with van der Waals surface area (Å²) in [7, 11) is 0. The van der Waals surface area contributed by atoms with Crippen LogP contribution in [0.25, 0.3) is 11.3 Å². The summed E-state index contributed by atoms with van der Waals surface area (Å²) in [5.74, 6) is -3.16. The van der Waals surface area contributed by atoms with Gasteiger partial charge in [-0.2, -0.15) is 0 Å². The number of rotatable bonds is 15. The van der Waals surface area contributed by atoms with Crippen molar-refractivity contribution in [3.8, 4) is 11.3 Å². The van der Waals surface area contributed by atoms with E-state index < -0.39 is 58.9 Å². The lowest BCUT2D eigenvalue weighted by atomic mass is 9.84. The maximum absolute atomic E-state index is 15.0. The van der Waals surface area contributed by atoms with E-state index in [0.717, 1.165) is 28.7 Å². The van der Waals surface area contributed by atoms with Gasteiger partial charge in [0.05, 0.1) is 28.9 Å². The van der Waals surface area contributed by atoms with Crippen molar-refractivity contribution in [2.45, 2.75) is 72.5 Å². The highest BCUT2D eigenvalue weighted by Gasteiger charge is 2.45. The molecule has 0 bridgehead atoms. The SMILES string of the molecule is CC1(C)CC(=O)N(c2ccc(NC(=O)CCNC(=O)[C@@H](N)CCN(C(=O)CO)[C@@H](c3nc(-c4cc(F)ccc4F)cn3Cc3ccccc3)C(C)(C)C)cc2)C1=O. The second-order valence-corrected chi connectivity index (χ2v) is 15.9. The molecule has 1 fully saturated rings. The summed E-state index contributed by atoms with van der Waals surface area (Å²) < 4.78 is 31.1. The molecule has 3 aromatic carbocycles. The van der Waals surface area contributed by atoms with Gasteiger partial charge in [-0.3, -0.25) is 28.9 Å². The van der Waals surface area contributed by atoms with Crippen LogP contribution in [0.5, 0.6) is 0 Å². The number of carbonyl (C=O) groups is 5. The third-order valence-electron chi connectivity index (χ3n) is 9.74. The average molecular weight is 786 g/mol. The molecule has 57 heavy (non-hydrogen) atoms. The number of imide groups is 1. The fourth-order valence-corrected chi connectivity index (χ4v) is 6.83. The van der Waals surface area contributed by atoms with Crippen LogP contribution in [0.1, 0.15) is 71.3 Å². The van der Waals surface area contributed by atoms with Gasteiger partial charge in [-0.15, -0.1) is 0 Å². The number of nitrogens with one attached hydrogen (secondary N) is 2. The van der Waals surface area contributed by atoms with E-state index in [-0.39, 0.29) is 62.0 Å². The van der Waals surface area contributed by atoms with Crippen LogP contribution in [0.15, 0.2) is 79.0 Å². The van der Waals surface area contributed by atoms with Crippen molar-refractivity contribution in [3.05, 3.63) is 102 Å². The normalized spacial score (nSPS) is 15.0. The van der Waals surface area contributed by atoms with Crippen LogP contribution in [0, 0.1) is 22.5 Å². The third-order valence-corrected chi connectivity index (χ3v) is 9.74. The standard InChI is InChI=1S/C42H49F2N7O6/c1-41(2,3)37(38-48-33(30-21-27(43)11-16-31(30)44)24-49(38)23-26-9-7-6-8-10-26)50(36(55)25-52)20-18-32(45)39(56)46-19-17-34(53)47-28-12-14-29(15-13-28)51-35(54)22-42(4,5)40(51)57/h6-16,21,24,32,37,52H,17-20,22-23,25,45H2,1-5H3,(H,46,56)(H,47,53)/t32-,37-/m0/s1. The molecule has 1 aliphatic rings. The van der Waals surface area contributed by atoms with E-state index in [9.17, 15) is 33.5 Å². The summed E-state index contributed by atoms with van der Waals surface area (Å²) in [5, 5.41) is 15.4. The molecule has 13 nitrogen and oxygen atoms in total. The number of hydrogen-bond acceptors (Lipinski definition) is 8. The lowest BCUT2D eigenvalue weighted by Gasteiger charge is -2.40. The van der Waals surface area contributed by atoms with Crippen LogP contribution in [-0.4, -0.2) is 74.8 Å². The molecule has 1 aromatic heterocycles. The molecule has 5 rings (SSSR count). The van der Waals surface area contributed by atoms with Crippen molar-refractivity contribution in [3.63, 3.8) is 0 Å². The molecule has 0 spiro atoms. The number of aromatic nitrogens is 2. The Kier molecular flexibility index (Phi) is 13.0. The molecule has 1 saturated heterocycles. The Morgan fingerprint density at radius 3 is 2.32 bits per heavy atom. The van der Waals surface area contributed by atoms with E-state index in [1.165, 1.54) is 4.90 Å². The van der Waals surface area contributed by atoms with Gasteiger partial charge in [0.25, 0.3) is 0 Å². The van der Waals surface area contributed by atoms with Crippen molar-refractivity contribution in [2.24, 2.45) is 16.6 Å². The minimum absolute atomic E-state index is 0.0212. The van der Waals surface area contributed by atoms with Crippen LogP contribution in [0.2, 0.25) is 0 Å².